The van der Waals surface area contributed by atoms with E-state index in [0.717, 1.165) is 57.8 Å². The summed E-state index contributed by atoms with van der Waals surface area (Å²) in [6.07, 6.45) is 6.48. The lowest BCUT2D eigenvalue weighted by Crippen LogP contribution is -2.44. The van der Waals surface area contributed by atoms with Crippen molar-refractivity contribution in [2.24, 2.45) is 0 Å². The van der Waals surface area contributed by atoms with Crippen molar-refractivity contribution in [2.75, 3.05) is 51.2 Å². The minimum Gasteiger partial charge on any atom is -0.369 e. The Labute approximate surface area is 132 Å². The fraction of sp³-hybridized carbons (Fsp3) is 0.647. The summed E-state index contributed by atoms with van der Waals surface area (Å²) in [4.78, 5) is 23.7. The average molecular weight is 302 g/mol. The molecule has 1 aromatic rings. The number of pyridine rings is 1. The van der Waals surface area contributed by atoms with Crippen molar-refractivity contribution in [3.63, 3.8) is 0 Å². The Balaban J connectivity index is 1.71. The number of nitrogens with zero attached hydrogens (tertiary/aromatic N) is 4. The molecule has 0 aliphatic carbocycles. The molecular weight excluding hydrogens is 276 g/mol. The molecule has 2 aliphatic rings. The SMILES string of the molecule is CN1CCN(c2ccnc(C(=O)N3CCCCCC3)c2)CC1. The molecule has 0 N–H and O–H groups in total. The van der Waals surface area contributed by atoms with Crippen molar-refractivity contribution in [3.05, 3.63) is 24.0 Å². The molecule has 0 aromatic carbocycles. The molecule has 0 saturated carbocycles. The molecule has 3 heterocycles. The summed E-state index contributed by atoms with van der Waals surface area (Å²) in [7, 11) is 2.15. The normalized spacial score (nSPS) is 20.8. The van der Waals surface area contributed by atoms with Crippen molar-refractivity contribution >= 4 is 11.6 Å². The topological polar surface area (TPSA) is 39.7 Å². The molecule has 2 fully saturated rings. The van der Waals surface area contributed by atoms with E-state index in [-0.39, 0.29) is 5.91 Å². The number of piperazine rings is 1. The van der Waals surface area contributed by atoms with Crippen LogP contribution in [0, 0.1) is 0 Å². The summed E-state index contributed by atoms with van der Waals surface area (Å²) in [6, 6.07) is 3.99. The second-order valence-corrected chi connectivity index (χ2v) is 6.40. The third-order valence-corrected chi connectivity index (χ3v) is 4.72. The maximum atomic E-state index is 12.7. The standard InChI is InChI=1S/C17H26N4O/c1-19-10-12-20(13-11-19)15-6-7-18-16(14-15)17(22)21-8-4-2-3-5-9-21/h6-7,14H,2-5,8-13H2,1H3. The van der Waals surface area contributed by atoms with Crippen LogP contribution in [-0.4, -0.2) is 67.0 Å². The van der Waals surface area contributed by atoms with Crippen LogP contribution in [-0.2, 0) is 0 Å². The van der Waals surface area contributed by atoms with E-state index in [1.165, 1.54) is 12.8 Å². The predicted molar refractivity (Wildman–Crippen MR) is 88.3 cm³/mol. The highest BCUT2D eigenvalue weighted by atomic mass is 16.2. The third kappa shape index (κ3) is 3.58. The first kappa shape index (κ1) is 15.3. The molecule has 2 saturated heterocycles. The van der Waals surface area contributed by atoms with Gasteiger partial charge in [0.25, 0.3) is 5.91 Å². The lowest BCUT2D eigenvalue weighted by atomic mass is 10.2. The molecular formula is C17H26N4O. The Morgan fingerprint density at radius 1 is 1.00 bits per heavy atom. The Hall–Kier alpha value is -1.62. The zero-order valence-corrected chi connectivity index (χ0v) is 13.5. The first-order valence-electron chi connectivity index (χ1n) is 8.43. The number of aromatic nitrogens is 1. The molecule has 0 bridgehead atoms. The van der Waals surface area contributed by atoms with Gasteiger partial charge in [-0.25, -0.2) is 0 Å². The molecule has 120 valence electrons. The summed E-state index contributed by atoms with van der Waals surface area (Å²) in [5, 5.41) is 0. The molecule has 1 aromatic heterocycles. The number of likely N-dealkylation sites (tertiary alicyclic amines) is 1. The van der Waals surface area contributed by atoms with Crippen molar-refractivity contribution in [1.29, 1.82) is 0 Å². The van der Waals surface area contributed by atoms with Crippen molar-refractivity contribution in [2.45, 2.75) is 25.7 Å². The van der Waals surface area contributed by atoms with E-state index >= 15 is 0 Å². The average Bonchev–Trinajstić information content (AvgIpc) is 2.84. The molecule has 22 heavy (non-hydrogen) atoms. The highest BCUT2D eigenvalue weighted by Crippen LogP contribution is 2.18. The van der Waals surface area contributed by atoms with E-state index in [9.17, 15) is 4.79 Å². The van der Waals surface area contributed by atoms with Crippen LogP contribution in [0.25, 0.3) is 0 Å². The molecule has 5 heteroatoms. The summed E-state index contributed by atoms with van der Waals surface area (Å²) >= 11 is 0. The Morgan fingerprint density at radius 2 is 1.68 bits per heavy atom. The fourth-order valence-corrected chi connectivity index (χ4v) is 3.23. The summed E-state index contributed by atoms with van der Waals surface area (Å²) in [5.74, 6) is 0.0953. The molecule has 3 rings (SSSR count). The first-order valence-corrected chi connectivity index (χ1v) is 8.43. The Kier molecular flexibility index (Phi) is 4.93. The molecule has 1 amide bonds. The Bertz CT molecular complexity index is 503. The number of anilines is 1. The highest BCUT2D eigenvalue weighted by molar-refractivity contribution is 5.93. The van der Waals surface area contributed by atoms with Gasteiger partial charge in [-0.2, -0.15) is 0 Å². The van der Waals surface area contributed by atoms with Crippen LogP contribution in [0.4, 0.5) is 5.69 Å². The van der Waals surface area contributed by atoms with Gasteiger partial charge in [-0.05, 0) is 32.0 Å². The van der Waals surface area contributed by atoms with Crippen LogP contribution in [0.5, 0.6) is 0 Å². The summed E-state index contributed by atoms with van der Waals surface area (Å²) < 4.78 is 0. The van der Waals surface area contributed by atoms with Gasteiger partial charge in [0.1, 0.15) is 5.69 Å². The Morgan fingerprint density at radius 3 is 2.36 bits per heavy atom. The number of carbonyl (C=O) groups excluding carboxylic acids is 1. The minimum absolute atomic E-state index is 0.0953. The van der Waals surface area contributed by atoms with Gasteiger partial charge in [0.2, 0.25) is 0 Å². The number of amides is 1. The monoisotopic (exact) mass is 302 g/mol. The summed E-state index contributed by atoms with van der Waals surface area (Å²) in [5.41, 5.74) is 1.72. The number of hydrogen-bond acceptors (Lipinski definition) is 4. The largest absolute Gasteiger partial charge is 0.369 e. The van der Waals surface area contributed by atoms with Gasteiger partial charge in [0.05, 0.1) is 0 Å². The van der Waals surface area contributed by atoms with Gasteiger partial charge in [-0.3, -0.25) is 9.78 Å². The van der Waals surface area contributed by atoms with Crippen molar-refractivity contribution < 1.29 is 4.79 Å². The lowest BCUT2D eigenvalue weighted by Gasteiger charge is -2.34. The number of likely N-dealkylation sites (N-methyl/N-ethyl adjacent to an activating group) is 1. The van der Waals surface area contributed by atoms with Crippen molar-refractivity contribution in [1.82, 2.24) is 14.8 Å². The second-order valence-electron chi connectivity index (χ2n) is 6.40. The maximum Gasteiger partial charge on any atom is 0.272 e. The maximum absolute atomic E-state index is 12.7. The van der Waals surface area contributed by atoms with Crippen LogP contribution in [0.3, 0.4) is 0 Å². The number of hydrogen-bond donors (Lipinski definition) is 0. The molecule has 2 aliphatic heterocycles. The van der Waals surface area contributed by atoms with Gasteiger partial charge < -0.3 is 14.7 Å². The van der Waals surface area contributed by atoms with Crippen LogP contribution in [0.15, 0.2) is 18.3 Å². The van der Waals surface area contributed by atoms with E-state index < -0.39 is 0 Å². The molecule has 0 radical (unpaired) electrons. The van der Waals surface area contributed by atoms with E-state index in [2.05, 4.69) is 21.8 Å². The van der Waals surface area contributed by atoms with E-state index in [1.807, 2.05) is 17.0 Å². The van der Waals surface area contributed by atoms with E-state index in [0.29, 0.717) is 5.69 Å². The molecule has 0 unspecified atom stereocenters. The van der Waals surface area contributed by atoms with Gasteiger partial charge in [0.15, 0.2) is 0 Å². The van der Waals surface area contributed by atoms with Crippen LogP contribution >= 0.6 is 0 Å². The van der Waals surface area contributed by atoms with E-state index in [4.69, 9.17) is 0 Å². The number of carbonyl (C=O) groups is 1. The quantitative estimate of drug-likeness (QED) is 0.836. The van der Waals surface area contributed by atoms with Gasteiger partial charge >= 0.3 is 0 Å². The molecule has 0 spiro atoms. The zero-order valence-electron chi connectivity index (χ0n) is 13.5. The van der Waals surface area contributed by atoms with Gasteiger partial charge in [-0.15, -0.1) is 0 Å². The zero-order chi connectivity index (χ0) is 15.4. The van der Waals surface area contributed by atoms with Crippen LogP contribution in [0.2, 0.25) is 0 Å². The predicted octanol–water partition coefficient (Wildman–Crippen LogP) is 1.85. The fourth-order valence-electron chi connectivity index (χ4n) is 3.23. The number of rotatable bonds is 2. The van der Waals surface area contributed by atoms with Crippen molar-refractivity contribution in [3.8, 4) is 0 Å². The van der Waals surface area contributed by atoms with Crippen LogP contribution < -0.4 is 4.90 Å². The molecule has 5 nitrogen and oxygen atoms in total. The molecule has 0 atom stereocenters. The second kappa shape index (κ2) is 7.09. The first-order chi connectivity index (χ1) is 10.7. The minimum atomic E-state index is 0.0953. The lowest BCUT2D eigenvalue weighted by molar-refractivity contribution is 0.0756. The van der Waals surface area contributed by atoms with Crippen LogP contribution in [0.1, 0.15) is 36.2 Å². The highest BCUT2D eigenvalue weighted by Gasteiger charge is 2.20. The smallest absolute Gasteiger partial charge is 0.272 e. The van der Waals surface area contributed by atoms with Gasteiger partial charge in [0, 0.05) is 51.2 Å². The summed E-state index contributed by atoms with van der Waals surface area (Å²) in [6.45, 7) is 5.91. The van der Waals surface area contributed by atoms with E-state index in [1.54, 1.807) is 6.20 Å². The van der Waals surface area contributed by atoms with Gasteiger partial charge in [-0.1, -0.05) is 12.8 Å². The third-order valence-electron chi connectivity index (χ3n) is 4.72.